The third-order valence-electron chi connectivity index (χ3n) is 4.09. The molecule has 0 amide bonds. The van der Waals surface area contributed by atoms with Crippen LogP contribution in [0.4, 0.5) is 0 Å². The lowest BCUT2D eigenvalue weighted by molar-refractivity contribution is 0.0682. The van der Waals surface area contributed by atoms with Crippen molar-refractivity contribution in [3.05, 3.63) is 83.4 Å². The number of carboxylic acids is 3. The van der Waals surface area contributed by atoms with Crippen LogP contribution in [0.3, 0.4) is 0 Å². The van der Waals surface area contributed by atoms with Crippen LogP contribution in [0.2, 0.25) is 0 Å². The average molecular weight is 362 g/mol. The van der Waals surface area contributed by atoms with Gasteiger partial charge in [-0.1, -0.05) is 30.3 Å². The van der Waals surface area contributed by atoms with Gasteiger partial charge in [0.05, 0.1) is 16.7 Å². The molecular weight excluding hydrogens is 348 g/mol. The molecule has 0 saturated carbocycles. The molecule has 0 unspecified atom stereocenters. The molecule has 6 nitrogen and oxygen atoms in total. The smallest absolute Gasteiger partial charge is 0.335 e. The molecule has 6 heteroatoms. The molecule has 3 aromatic rings. The third-order valence-corrected chi connectivity index (χ3v) is 4.09. The zero-order valence-corrected chi connectivity index (χ0v) is 13.9. The van der Waals surface area contributed by atoms with Gasteiger partial charge in [-0.05, 0) is 58.7 Å². The van der Waals surface area contributed by atoms with E-state index in [0.29, 0.717) is 11.1 Å². The Labute approximate surface area is 154 Å². The summed E-state index contributed by atoms with van der Waals surface area (Å²) in [6, 6.07) is 17.4. The molecule has 0 radical (unpaired) electrons. The minimum absolute atomic E-state index is 0.110. The van der Waals surface area contributed by atoms with Gasteiger partial charge >= 0.3 is 17.9 Å². The van der Waals surface area contributed by atoms with Gasteiger partial charge in [0.1, 0.15) is 0 Å². The van der Waals surface area contributed by atoms with Gasteiger partial charge in [-0.3, -0.25) is 0 Å². The van der Waals surface area contributed by atoms with Crippen LogP contribution in [0.25, 0.3) is 22.3 Å². The maximum Gasteiger partial charge on any atom is 0.335 e. The molecular formula is C21H14O6. The van der Waals surface area contributed by atoms with Crippen molar-refractivity contribution in [1.82, 2.24) is 0 Å². The van der Waals surface area contributed by atoms with E-state index >= 15 is 0 Å². The quantitative estimate of drug-likeness (QED) is 0.629. The summed E-state index contributed by atoms with van der Waals surface area (Å²) >= 11 is 0. The van der Waals surface area contributed by atoms with E-state index in [1.54, 1.807) is 30.3 Å². The molecule has 3 N–H and O–H groups in total. The molecule has 0 aliphatic rings. The van der Waals surface area contributed by atoms with Crippen molar-refractivity contribution in [2.75, 3.05) is 0 Å². The number of hydrogen-bond acceptors (Lipinski definition) is 3. The molecule has 0 spiro atoms. The molecule has 0 aliphatic carbocycles. The van der Waals surface area contributed by atoms with Crippen molar-refractivity contribution in [3.8, 4) is 22.3 Å². The fourth-order valence-corrected chi connectivity index (χ4v) is 2.72. The highest BCUT2D eigenvalue weighted by molar-refractivity contribution is 5.96. The van der Waals surface area contributed by atoms with Gasteiger partial charge in [0, 0.05) is 0 Å². The van der Waals surface area contributed by atoms with Crippen LogP contribution in [0.1, 0.15) is 31.1 Å². The Kier molecular flexibility index (Phi) is 4.72. The first-order valence-electron chi connectivity index (χ1n) is 7.91. The highest BCUT2D eigenvalue weighted by Crippen LogP contribution is 2.28. The van der Waals surface area contributed by atoms with E-state index in [0.717, 1.165) is 17.2 Å². The number of carbonyl (C=O) groups is 3. The van der Waals surface area contributed by atoms with Crippen LogP contribution in [-0.2, 0) is 0 Å². The second-order valence-corrected chi connectivity index (χ2v) is 5.87. The second kappa shape index (κ2) is 7.13. The van der Waals surface area contributed by atoms with Crippen LogP contribution >= 0.6 is 0 Å². The van der Waals surface area contributed by atoms with Crippen LogP contribution in [0, 0.1) is 0 Å². The Morgan fingerprint density at radius 3 is 1.44 bits per heavy atom. The lowest BCUT2D eigenvalue weighted by Crippen LogP contribution is -2.03. The normalized spacial score (nSPS) is 10.4. The largest absolute Gasteiger partial charge is 0.478 e. The summed E-state index contributed by atoms with van der Waals surface area (Å²) in [4.78, 5) is 33.6. The molecule has 134 valence electrons. The Balaban J connectivity index is 2.06. The zero-order chi connectivity index (χ0) is 19.6. The standard InChI is InChI=1S/C21H14O6/c22-19(23)13-6-4-12(5-7-13)14-2-1-3-15(8-14)16-9-17(20(24)25)11-18(10-16)21(26)27/h1-11H,(H,22,23)(H,24,25)(H,26,27). The highest BCUT2D eigenvalue weighted by atomic mass is 16.4. The van der Waals surface area contributed by atoms with Crippen molar-refractivity contribution >= 4 is 17.9 Å². The summed E-state index contributed by atoms with van der Waals surface area (Å²) in [6.07, 6.45) is 0. The fraction of sp³-hybridized carbons (Fsp3) is 0. The molecule has 27 heavy (non-hydrogen) atoms. The first kappa shape index (κ1) is 17.9. The molecule has 0 aliphatic heterocycles. The average Bonchev–Trinajstić information content (AvgIpc) is 2.67. The Morgan fingerprint density at radius 1 is 0.481 bits per heavy atom. The lowest BCUT2D eigenvalue weighted by atomic mass is 9.96. The molecule has 0 bridgehead atoms. The maximum atomic E-state index is 11.3. The predicted molar refractivity (Wildman–Crippen MR) is 98.2 cm³/mol. The van der Waals surface area contributed by atoms with Crippen molar-refractivity contribution in [2.45, 2.75) is 0 Å². The van der Waals surface area contributed by atoms with Crippen molar-refractivity contribution in [1.29, 1.82) is 0 Å². The summed E-state index contributed by atoms with van der Waals surface area (Å²) in [5.74, 6) is -3.43. The molecule has 0 heterocycles. The zero-order valence-electron chi connectivity index (χ0n) is 13.9. The van der Waals surface area contributed by atoms with Crippen LogP contribution in [0.15, 0.2) is 66.7 Å². The summed E-state index contributed by atoms with van der Waals surface area (Å²) < 4.78 is 0. The van der Waals surface area contributed by atoms with Gasteiger partial charge in [0.15, 0.2) is 0 Å². The highest BCUT2D eigenvalue weighted by Gasteiger charge is 2.13. The van der Waals surface area contributed by atoms with Crippen molar-refractivity contribution in [2.24, 2.45) is 0 Å². The summed E-state index contributed by atoms with van der Waals surface area (Å²) in [6.45, 7) is 0. The van der Waals surface area contributed by atoms with Crippen LogP contribution in [-0.4, -0.2) is 33.2 Å². The van der Waals surface area contributed by atoms with E-state index in [2.05, 4.69) is 0 Å². The van der Waals surface area contributed by atoms with E-state index in [9.17, 15) is 24.6 Å². The number of benzene rings is 3. The predicted octanol–water partition coefficient (Wildman–Crippen LogP) is 4.12. The van der Waals surface area contributed by atoms with Crippen molar-refractivity contribution in [3.63, 3.8) is 0 Å². The topological polar surface area (TPSA) is 112 Å². The summed E-state index contributed by atoms with van der Waals surface area (Å²) in [7, 11) is 0. The Bertz CT molecular complexity index is 1020. The third kappa shape index (κ3) is 3.85. The van der Waals surface area contributed by atoms with E-state index < -0.39 is 17.9 Å². The van der Waals surface area contributed by atoms with Gasteiger partial charge in [-0.15, -0.1) is 0 Å². The monoisotopic (exact) mass is 362 g/mol. The molecule has 0 atom stereocenters. The van der Waals surface area contributed by atoms with E-state index in [-0.39, 0.29) is 16.7 Å². The number of hydrogen-bond donors (Lipinski definition) is 3. The van der Waals surface area contributed by atoms with Gasteiger partial charge in [0.2, 0.25) is 0 Å². The Hall–Kier alpha value is -3.93. The minimum Gasteiger partial charge on any atom is -0.478 e. The molecule has 3 rings (SSSR count). The van der Waals surface area contributed by atoms with Gasteiger partial charge in [0.25, 0.3) is 0 Å². The van der Waals surface area contributed by atoms with Gasteiger partial charge in [-0.25, -0.2) is 14.4 Å². The van der Waals surface area contributed by atoms with Crippen LogP contribution < -0.4 is 0 Å². The first-order chi connectivity index (χ1) is 12.8. The maximum absolute atomic E-state index is 11.3. The minimum atomic E-state index is -1.21. The van der Waals surface area contributed by atoms with Crippen LogP contribution in [0.5, 0.6) is 0 Å². The summed E-state index contributed by atoms with van der Waals surface area (Å²) in [5, 5.41) is 27.4. The molecule has 3 aromatic carbocycles. The Morgan fingerprint density at radius 2 is 0.963 bits per heavy atom. The van der Waals surface area contributed by atoms with Crippen molar-refractivity contribution < 1.29 is 29.7 Å². The molecule has 0 aromatic heterocycles. The SMILES string of the molecule is O=C(O)c1ccc(-c2cccc(-c3cc(C(=O)O)cc(C(=O)O)c3)c2)cc1. The number of rotatable bonds is 5. The van der Waals surface area contributed by atoms with E-state index in [4.69, 9.17) is 5.11 Å². The molecule has 0 saturated heterocycles. The van der Waals surface area contributed by atoms with E-state index in [1.807, 2.05) is 6.07 Å². The molecule has 0 fully saturated rings. The lowest BCUT2D eigenvalue weighted by Gasteiger charge is -2.09. The van der Waals surface area contributed by atoms with E-state index in [1.165, 1.54) is 24.3 Å². The second-order valence-electron chi connectivity index (χ2n) is 5.87. The fourth-order valence-electron chi connectivity index (χ4n) is 2.72. The van der Waals surface area contributed by atoms with Gasteiger partial charge in [-0.2, -0.15) is 0 Å². The first-order valence-corrected chi connectivity index (χ1v) is 7.91. The van der Waals surface area contributed by atoms with Gasteiger partial charge < -0.3 is 15.3 Å². The number of carboxylic acid groups (broad SMARTS) is 3. The number of aromatic carboxylic acids is 3. The summed E-state index contributed by atoms with van der Waals surface area (Å²) in [5.41, 5.74) is 2.66.